The minimum absolute atomic E-state index is 0.0940. The highest BCUT2D eigenvalue weighted by Crippen LogP contribution is 2.18. The van der Waals surface area contributed by atoms with Gasteiger partial charge in [0.25, 0.3) is 5.91 Å². The molecule has 1 amide bonds. The van der Waals surface area contributed by atoms with Crippen LogP contribution in [0.2, 0.25) is 0 Å². The molecule has 2 aromatic rings. The van der Waals surface area contributed by atoms with Crippen molar-refractivity contribution >= 4 is 21.7 Å². The van der Waals surface area contributed by atoms with E-state index in [0.717, 1.165) is 31.2 Å². The number of nitrogens with zero attached hydrogens (tertiary/aromatic N) is 2. The van der Waals surface area contributed by atoms with Crippen LogP contribution in [0.15, 0.2) is 41.3 Å². The predicted octanol–water partition coefficient (Wildman–Crippen LogP) is 1.45. The van der Waals surface area contributed by atoms with Crippen molar-refractivity contribution in [3.63, 3.8) is 0 Å². The Labute approximate surface area is 158 Å². The van der Waals surface area contributed by atoms with Crippen molar-refractivity contribution in [1.29, 1.82) is 0 Å². The van der Waals surface area contributed by atoms with E-state index < -0.39 is 10.0 Å². The molecule has 144 valence electrons. The number of amides is 1. The Morgan fingerprint density at radius 2 is 1.78 bits per heavy atom. The van der Waals surface area contributed by atoms with Crippen LogP contribution in [0.3, 0.4) is 0 Å². The number of sulfonamides is 1. The van der Waals surface area contributed by atoms with Crippen LogP contribution in [0.4, 0.5) is 5.82 Å². The van der Waals surface area contributed by atoms with E-state index in [-0.39, 0.29) is 16.8 Å². The summed E-state index contributed by atoms with van der Waals surface area (Å²) in [5, 5.41) is 19.2. The highest BCUT2D eigenvalue weighted by Gasteiger charge is 2.18. The van der Waals surface area contributed by atoms with Gasteiger partial charge in [0.2, 0.25) is 10.0 Å². The quantitative estimate of drug-likeness (QED) is 0.658. The molecule has 1 aromatic carbocycles. The molecule has 1 aliphatic carbocycles. The third kappa shape index (κ3) is 5.48. The first kappa shape index (κ1) is 19.2. The molecule has 0 radical (unpaired) electrons. The van der Waals surface area contributed by atoms with Crippen LogP contribution in [0, 0.1) is 0 Å². The highest BCUT2D eigenvalue weighted by molar-refractivity contribution is 7.89. The van der Waals surface area contributed by atoms with Gasteiger partial charge in [0.15, 0.2) is 5.69 Å². The normalized spacial score (nSPS) is 14.9. The van der Waals surface area contributed by atoms with Crippen molar-refractivity contribution in [2.24, 2.45) is 5.14 Å². The lowest BCUT2D eigenvalue weighted by Crippen LogP contribution is -2.33. The summed E-state index contributed by atoms with van der Waals surface area (Å²) in [6.45, 7) is 0.594. The zero-order chi connectivity index (χ0) is 19.3. The molecular formula is C18H23N5O3S. The zero-order valence-corrected chi connectivity index (χ0v) is 15.7. The number of anilines is 1. The molecule has 8 nitrogen and oxygen atoms in total. The van der Waals surface area contributed by atoms with Gasteiger partial charge < -0.3 is 10.6 Å². The van der Waals surface area contributed by atoms with Gasteiger partial charge in [0.1, 0.15) is 5.82 Å². The number of aromatic nitrogens is 2. The van der Waals surface area contributed by atoms with Crippen molar-refractivity contribution in [3.05, 3.63) is 47.7 Å². The van der Waals surface area contributed by atoms with E-state index in [1.165, 1.54) is 12.1 Å². The molecule has 1 heterocycles. The molecule has 1 fully saturated rings. The summed E-state index contributed by atoms with van der Waals surface area (Å²) in [6, 6.07) is 10.1. The third-order valence-corrected chi connectivity index (χ3v) is 5.49. The van der Waals surface area contributed by atoms with Crippen molar-refractivity contribution in [1.82, 2.24) is 15.5 Å². The minimum Gasteiger partial charge on any atom is -0.368 e. The smallest absolute Gasteiger partial charge is 0.272 e. The number of carbonyl (C=O) groups is 1. The molecular weight excluding hydrogens is 366 g/mol. The number of hydrogen-bond donors (Lipinski definition) is 3. The minimum atomic E-state index is -3.67. The lowest BCUT2D eigenvalue weighted by atomic mass is 10.1. The average Bonchev–Trinajstić information content (AvgIpc) is 3.15. The van der Waals surface area contributed by atoms with Crippen LogP contribution in [0.25, 0.3) is 0 Å². The fourth-order valence-corrected chi connectivity index (χ4v) is 3.57. The number of rotatable bonds is 7. The second kappa shape index (κ2) is 8.45. The van der Waals surface area contributed by atoms with Gasteiger partial charge in [0, 0.05) is 12.6 Å². The van der Waals surface area contributed by atoms with E-state index in [4.69, 9.17) is 5.14 Å². The summed E-state index contributed by atoms with van der Waals surface area (Å²) >= 11 is 0. The van der Waals surface area contributed by atoms with E-state index in [2.05, 4.69) is 20.8 Å². The monoisotopic (exact) mass is 389 g/mol. The molecule has 0 unspecified atom stereocenters. The molecule has 0 atom stereocenters. The lowest BCUT2D eigenvalue weighted by molar-refractivity contribution is 0.0932. The van der Waals surface area contributed by atoms with E-state index in [9.17, 15) is 13.2 Å². The first-order chi connectivity index (χ1) is 12.9. The lowest BCUT2D eigenvalue weighted by Gasteiger charge is -2.11. The molecule has 1 aromatic heterocycles. The van der Waals surface area contributed by atoms with Crippen LogP contribution in [0.1, 0.15) is 41.7 Å². The summed E-state index contributed by atoms with van der Waals surface area (Å²) in [5.41, 5.74) is 1.28. The van der Waals surface area contributed by atoms with Gasteiger partial charge in [-0.25, -0.2) is 13.6 Å². The van der Waals surface area contributed by atoms with Crippen molar-refractivity contribution in [3.8, 4) is 0 Å². The first-order valence-corrected chi connectivity index (χ1v) is 10.5. The number of nitrogens with two attached hydrogens (primary N) is 1. The largest absolute Gasteiger partial charge is 0.368 e. The van der Waals surface area contributed by atoms with Gasteiger partial charge in [-0.1, -0.05) is 25.0 Å². The van der Waals surface area contributed by atoms with Gasteiger partial charge in [0.05, 0.1) is 4.90 Å². The Hall–Kier alpha value is -2.52. The van der Waals surface area contributed by atoms with Gasteiger partial charge in [-0.05, 0) is 49.1 Å². The molecule has 0 bridgehead atoms. The third-order valence-electron chi connectivity index (χ3n) is 4.56. The van der Waals surface area contributed by atoms with Crippen molar-refractivity contribution in [2.45, 2.75) is 43.0 Å². The molecule has 27 heavy (non-hydrogen) atoms. The fraction of sp³-hybridized carbons (Fsp3) is 0.389. The second-order valence-corrected chi connectivity index (χ2v) is 8.19. The number of nitrogens with one attached hydrogen (secondary N) is 2. The van der Waals surface area contributed by atoms with E-state index in [1.807, 2.05) is 0 Å². The predicted molar refractivity (Wildman–Crippen MR) is 102 cm³/mol. The van der Waals surface area contributed by atoms with Crippen LogP contribution < -0.4 is 15.8 Å². The first-order valence-electron chi connectivity index (χ1n) is 8.92. The Morgan fingerprint density at radius 1 is 1.07 bits per heavy atom. The Kier molecular flexibility index (Phi) is 6.02. The molecule has 0 aliphatic heterocycles. The van der Waals surface area contributed by atoms with E-state index in [1.54, 1.807) is 24.3 Å². The van der Waals surface area contributed by atoms with Crippen LogP contribution in [0.5, 0.6) is 0 Å². The SMILES string of the molecule is NS(=O)(=O)c1ccc(CCNc2ccc(C(=O)NC3CCCC3)nn2)cc1. The Morgan fingerprint density at radius 3 is 2.37 bits per heavy atom. The van der Waals surface area contributed by atoms with Crippen LogP contribution >= 0.6 is 0 Å². The van der Waals surface area contributed by atoms with E-state index in [0.29, 0.717) is 24.5 Å². The molecule has 4 N–H and O–H groups in total. The maximum Gasteiger partial charge on any atom is 0.272 e. The maximum atomic E-state index is 12.1. The van der Waals surface area contributed by atoms with Crippen molar-refractivity contribution in [2.75, 3.05) is 11.9 Å². The summed E-state index contributed by atoms with van der Waals surface area (Å²) < 4.78 is 22.5. The van der Waals surface area contributed by atoms with Crippen LogP contribution in [-0.4, -0.2) is 37.1 Å². The fourth-order valence-electron chi connectivity index (χ4n) is 3.06. The zero-order valence-electron chi connectivity index (χ0n) is 14.9. The Bertz CT molecular complexity index is 876. The number of hydrogen-bond acceptors (Lipinski definition) is 6. The molecule has 1 aliphatic rings. The summed E-state index contributed by atoms with van der Waals surface area (Å²) in [4.78, 5) is 12.2. The number of carbonyl (C=O) groups excluding carboxylic acids is 1. The Balaban J connectivity index is 1.47. The van der Waals surface area contributed by atoms with Gasteiger partial charge in [-0.2, -0.15) is 0 Å². The van der Waals surface area contributed by atoms with Gasteiger partial charge in [-0.15, -0.1) is 10.2 Å². The van der Waals surface area contributed by atoms with Crippen LogP contribution in [-0.2, 0) is 16.4 Å². The molecule has 1 saturated carbocycles. The summed E-state index contributed by atoms with van der Waals surface area (Å²) in [7, 11) is -3.67. The average molecular weight is 389 g/mol. The maximum absolute atomic E-state index is 12.1. The van der Waals surface area contributed by atoms with Gasteiger partial charge >= 0.3 is 0 Å². The highest BCUT2D eigenvalue weighted by atomic mass is 32.2. The molecule has 0 spiro atoms. The van der Waals surface area contributed by atoms with E-state index >= 15 is 0 Å². The molecule has 0 saturated heterocycles. The second-order valence-electron chi connectivity index (χ2n) is 6.62. The standard InChI is InChI=1S/C18H23N5O3S/c19-27(25,26)15-7-5-13(6-8-15)11-12-20-17-10-9-16(22-23-17)18(24)21-14-3-1-2-4-14/h5-10,14H,1-4,11-12H2,(H,20,23)(H,21,24)(H2,19,25,26). The molecule has 3 rings (SSSR count). The van der Waals surface area contributed by atoms with Gasteiger partial charge in [-0.3, -0.25) is 4.79 Å². The number of benzene rings is 1. The van der Waals surface area contributed by atoms with Crippen molar-refractivity contribution < 1.29 is 13.2 Å². The summed E-state index contributed by atoms with van der Waals surface area (Å²) in [6.07, 6.45) is 5.04. The topological polar surface area (TPSA) is 127 Å². The number of primary sulfonamides is 1. The summed E-state index contributed by atoms with van der Waals surface area (Å²) in [5.74, 6) is 0.393. The molecule has 9 heteroatoms.